The number of aromatic nitrogens is 2. The Morgan fingerprint density at radius 1 is 1.40 bits per heavy atom. The van der Waals surface area contributed by atoms with Crippen molar-refractivity contribution in [1.82, 2.24) is 14.7 Å². The van der Waals surface area contributed by atoms with Gasteiger partial charge in [-0.3, -0.25) is 9.48 Å². The number of hydrogen-bond donors (Lipinski definition) is 1. The number of fused-ring (bicyclic) bond motifs is 1. The number of rotatable bonds is 4. The maximum absolute atomic E-state index is 12.6. The molecule has 5 nitrogen and oxygen atoms in total. The summed E-state index contributed by atoms with van der Waals surface area (Å²) in [6, 6.07) is 7.75. The summed E-state index contributed by atoms with van der Waals surface area (Å²) < 4.78 is 1.74. The van der Waals surface area contributed by atoms with E-state index in [1.807, 2.05) is 45.2 Å². The number of hydrogen-bond acceptors (Lipinski definition) is 3. The number of aryl methyl sites for hydroxylation is 1. The molecule has 1 heterocycles. The van der Waals surface area contributed by atoms with Crippen LogP contribution in [0.5, 0.6) is 0 Å². The summed E-state index contributed by atoms with van der Waals surface area (Å²) in [7, 11) is 3.64. The molecule has 0 saturated heterocycles. The Kier molecular flexibility index (Phi) is 3.81. The van der Waals surface area contributed by atoms with Gasteiger partial charge in [-0.15, -0.1) is 0 Å². The van der Waals surface area contributed by atoms with Gasteiger partial charge in [-0.05, 0) is 18.0 Å². The Morgan fingerprint density at radius 2 is 2.05 bits per heavy atom. The lowest BCUT2D eigenvalue weighted by atomic mass is 9.93. The third-order valence-electron chi connectivity index (χ3n) is 3.52. The Hall–Kier alpha value is -1.88. The number of amides is 1. The maximum atomic E-state index is 12.6. The Morgan fingerprint density at radius 3 is 2.70 bits per heavy atom. The van der Waals surface area contributed by atoms with Crippen molar-refractivity contribution in [2.45, 2.75) is 13.8 Å². The van der Waals surface area contributed by atoms with Gasteiger partial charge in [0.25, 0.3) is 5.91 Å². The molecular formula is C15H22N4O. The predicted octanol–water partition coefficient (Wildman–Crippen LogP) is 1.63. The molecule has 108 valence electrons. The molecule has 2 N–H and O–H groups in total. The summed E-state index contributed by atoms with van der Waals surface area (Å²) in [5.41, 5.74) is 7.09. The number of nitrogens with zero attached hydrogens (tertiary/aromatic N) is 3. The van der Waals surface area contributed by atoms with Crippen LogP contribution in [0.25, 0.3) is 10.9 Å². The van der Waals surface area contributed by atoms with Crippen LogP contribution in [0.2, 0.25) is 0 Å². The second-order valence-electron chi connectivity index (χ2n) is 6.02. The van der Waals surface area contributed by atoms with Crippen LogP contribution in [0.4, 0.5) is 0 Å². The van der Waals surface area contributed by atoms with Crippen molar-refractivity contribution >= 4 is 16.8 Å². The Balaban J connectivity index is 2.32. The second kappa shape index (κ2) is 5.25. The van der Waals surface area contributed by atoms with Crippen molar-refractivity contribution < 1.29 is 4.79 Å². The van der Waals surface area contributed by atoms with Gasteiger partial charge in [0, 0.05) is 26.0 Å². The van der Waals surface area contributed by atoms with E-state index in [2.05, 4.69) is 5.10 Å². The molecule has 2 rings (SSSR count). The minimum atomic E-state index is -0.102. The van der Waals surface area contributed by atoms with E-state index in [0.717, 1.165) is 10.9 Å². The molecule has 2 aromatic rings. The summed E-state index contributed by atoms with van der Waals surface area (Å²) in [6.45, 7) is 5.24. The van der Waals surface area contributed by atoms with Crippen LogP contribution in [-0.4, -0.2) is 40.7 Å². The van der Waals surface area contributed by atoms with Gasteiger partial charge in [0.2, 0.25) is 0 Å². The van der Waals surface area contributed by atoms with E-state index in [4.69, 9.17) is 5.73 Å². The molecule has 0 aliphatic rings. The van der Waals surface area contributed by atoms with Gasteiger partial charge < -0.3 is 10.6 Å². The van der Waals surface area contributed by atoms with E-state index in [1.54, 1.807) is 16.6 Å². The van der Waals surface area contributed by atoms with E-state index in [9.17, 15) is 4.79 Å². The maximum Gasteiger partial charge on any atom is 0.274 e. The molecular weight excluding hydrogens is 252 g/mol. The van der Waals surface area contributed by atoms with Crippen molar-refractivity contribution in [3.8, 4) is 0 Å². The Labute approximate surface area is 119 Å². The highest BCUT2D eigenvalue weighted by molar-refractivity contribution is 6.04. The van der Waals surface area contributed by atoms with Gasteiger partial charge in [-0.2, -0.15) is 5.10 Å². The van der Waals surface area contributed by atoms with E-state index >= 15 is 0 Å². The lowest BCUT2D eigenvalue weighted by Crippen LogP contribution is -2.40. The SMILES string of the molecule is CN(CC(C)(C)CN)C(=O)c1nn(C)c2ccccc12. The summed E-state index contributed by atoms with van der Waals surface area (Å²) in [4.78, 5) is 14.3. The average molecular weight is 274 g/mol. The van der Waals surface area contributed by atoms with Crippen LogP contribution in [0.15, 0.2) is 24.3 Å². The zero-order chi connectivity index (χ0) is 14.9. The quantitative estimate of drug-likeness (QED) is 0.921. The molecule has 0 bridgehead atoms. The lowest BCUT2D eigenvalue weighted by molar-refractivity contribution is 0.0736. The van der Waals surface area contributed by atoms with Crippen LogP contribution in [0.1, 0.15) is 24.3 Å². The monoisotopic (exact) mass is 274 g/mol. The van der Waals surface area contributed by atoms with Crippen molar-refractivity contribution in [2.24, 2.45) is 18.2 Å². The molecule has 1 aromatic heterocycles. The first-order valence-electron chi connectivity index (χ1n) is 6.73. The number of carbonyl (C=O) groups is 1. The number of benzene rings is 1. The second-order valence-corrected chi connectivity index (χ2v) is 6.02. The first kappa shape index (κ1) is 14.5. The summed E-state index contributed by atoms with van der Waals surface area (Å²) in [5, 5.41) is 5.25. The molecule has 0 unspecified atom stereocenters. The molecule has 0 radical (unpaired) electrons. The molecule has 5 heteroatoms. The fourth-order valence-corrected chi connectivity index (χ4v) is 2.33. The molecule has 0 fully saturated rings. The van der Waals surface area contributed by atoms with Crippen molar-refractivity contribution in [3.05, 3.63) is 30.0 Å². The van der Waals surface area contributed by atoms with Crippen LogP contribution in [0.3, 0.4) is 0 Å². The third-order valence-corrected chi connectivity index (χ3v) is 3.52. The van der Waals surface area contributed by atoms with Crippen LogP contribution >= 0.6 is 0 Å². The molecule has 0 atom stereocenters. The van der Waals surface area contributed by atoms with Gasteiger partial charge in [-0.25, -0.2) is 0 Å². The summed E-state index contributed by atoms with van der Waals surface area (Å²) in [5.74, 6) is -0.0664. The first-order chi connectivity index (χ1) is 9.35. The fourth-order valence-electron chi connectivity index (χ4n) is 2.33. The van der Waals surface area contributed by atoms with Gasteiger partial charge in [-0.1, -0.05) is 32.0 Å². The standard InChI is InChI=1S/C15H22N4O/c1-15(2,9-16)10-18(3)14(20)13-11-7-5-6-8-12(11)19(4)17-13/h5-8H,9-10,16H2,1-4H3. The Bertz CT molecular complexity index is 630. The average Bonchev–Trinajstić information content (AvgIpc) is 2.75. The van der Waals surface area contributed by atoms with E-state index in [-0.39, 0.29) is 11.3 Å². The fraction of sp³-hybridized carbons (Fsp3) is 0.467. The van der Waals surface area contributed by atoms with Gasteiger partial charge in [0.05, 0.1) is 5.52 Å². The first-order valence-corrected chi connectivity index (χ1v) is 6.73. The van der Waals surface area contributed by atoms with Crippen LogP contribution < -0.4 is 5.73 Å². The summed E-state index contributed by atoms with van der Waals surface area (Å²) in [6.07, 6.45) is 0. The highest BCUT2D eigenvalue weighted by atomic mass is 16.2. The number of para-hydroxylation sites is 1. The topological polar surface area (TPSA) is 64.2 Å². The molecule has 0 spiro atoms. The van der Waals surface area contributed by atoms with Gasteiger partial charge >= 0.3 is 0 Å². The van der Waals surface area contributed by atoms with E-state index < -0.39 is 0 Å². The molecule has 1 aromatic carbocycles. The minimum absolute atomic E-state index is 0.0664. The molecule has 0 aliphatic heterocycles. The number of nitrogens with two attached hydrogens (primary N) is 1. The highest BCUT2D eigenvalue weighted by Gasteiger charge is 2.24. The minimum Gasteiger partial charge on any atom is -0.340 e. The van der Waals surface area contributed by atoms with Crippen molar-refractivity contribution in [1.29, 1.82) is 0 Å². The van der Waals surface area contributed by atoms with E-state index in [0.29, 0.717) is 18.8 Å². The van der Waals surface area contributed by atoms with Crippen LogP contribution in [-0.2, 0) is 7.05 Å². The van der Waals surface area contributed by atoms with E-state index in [1.165, 1.54) is 0 Å². The van der Waals surface area contributed by atoms with Crippen LogP contribution in [0, 0.1) is 5.41 Å². The molecule has 1 amide bonds. The predicted molar refractivity (Wildman–Crippen MR) is 80.5 cm³/mol. The third kappa shape index (κ3) is 2.67. The molecule has 0 aliphatic carbocycles. The summed E-state index contributed by atoms with van der Waals surface area (Å²) >= 11 is 0. The molecule has 0 saturated carbocycles. The van der Waals surface area contributed by atoms with Crippen molar-refractivity contribution in [3.63, 3.8) is 0 Å². The zero-order valence-corrected chi connectivity index (χ0v) is 12.6. The largest absolute Gasteiger partial charge is 0.340 e. The van der Waals surface area contributed by atoms with Crippen molar-refractivity contribution in [2.75, 3.05) is 20.1 Å². The zero-order valence-electron chi connectivity index (χ0n) is 12.6. The van der Waals surface area contributed by atoms with Gasteiger partial charge in [0.1, 0.15) is 0 Å². The lowest BCUT2D eigenvalue weighted by Gasteiger charge is -2.28. The molecule has 20 heavy (non-hydrogen) atoms. The van der Waals surface area contributed by atoms with Gasteiger partial charge in [0.15, 0.2) is 5.69 Å². The highest BCUT2D eigenvalue weighted by Crippen LogP contribution is 2.20. The smallest absolute Gasteiger partial charge is 0.274 e. The number of carbonyl (C=O) groups excluding carboxylic acids is 1. The normalized spacial score (nSPS) is 11.8.